The van der Waals surface area contributed by atoms with E-state index < -0.39 is 50.2 Å². The third-order valence-electron chi connectivity index (χ3n) is 6.37. The van der Waals surface area contributed by atoms with Gasteiger partial charge in [0, 0.05) is 27.2 Å². The Morgan fingerprint density at radius 1 is 0.952 bits per heavy atom. The normalized spacial score (nSPS) is 11.3. The van der Waals surface area contributed by atoms with Gasteiger partial charge in [-0.1, -0.05) is 29.8 Å². The molecule has 2 heterocycles. The number of hydrogen-bond acceptors (Lipinski definition) is 8. The van der Waals surface area contributed by atoms with E-state index in [9.17, 15) is 32.4 Å². The zero-order chi connectivity index (χ0) is 30.9. The van der Waals surface area contributed by atoms with Crippen LogP contribution in [0.3, 0.4) is 0 Å². The molecule has 2 N–H and O–H groups in total. The molecule has 0 aliphatic rings. The van der Waals surface area contributed by atoms with Crippen LogP contribution in [0, 0.1) is 6.92 Å². The smallest absolute Gasteiger partial charge is 0.338 e. The van der Waals surface area contributed by atoms with E-state index in [2.05, 4.69) is 10.0 Å². The highest BCUT2D eigenvalue weighted by Crippen LogP contribution is 2.26. The maximum absolute atomic E-state index is 13.3. The lowest BCUT2D eigenvalue weighted by molar-refractivity contribution is -0.119. The first-order chi connectivity index (χ1) is 19.7. The van der Waals surface area contributed by atoms with E-state index in [4.69, 9.17) is 16.3 Å². The van der Waals surface area contributed by atoms with Crippen LogP contribution in [0.5, 0.6) is 0 Å². The molecule has 1 amide bonds. The minimum absolute atomic E-state index is 0.113. The van der Waals surface area contributed by atoms with Gasteiger partial charge in [0.2, 0.25) is 0 Å². The Kier molecular flexibility index (Phi) is 8.26. The van der Waals surface area contributed by atoms with Gasteiger partial charge < -0.3 is 10.1 Å². The van der Waals surface area contributed by atoms with Gasteiger partial charge in [0.1, 0.15) is 16.4 Å². The molecule has 0 aliphatic carbocycles. The van der Waals surface area contributed by atoms with Crippen molar-refractivity contribution in [1.82, 2.24) is 18.5 Å². The molecule has 2 aromatic heterocycles. The standard InChI is InChI=1S/C26H25ClN6O8S/c1-15-23(24(36)33(32(15)4)17-8-6-5-7-9-17)29-42(39,40)19-12-16(10-11-18(19)27)25(37)41-14-21(34)28-20-13-22(35)31(3)26(38)30(20)2/h5-13,29H,14H2,1-4H3,(H,28,34). The van der Waals surface area contributed by atoms with E-state index in [-0.39, 0.29) is 22.1 Å². The molecule has 0 spiro atoms. The Bertz CT molecular complexity index is 2010. The monoisotopic (exact) mass is 616 g/mol. The number of rotatable bonds is 8. The van der Waals surface area contributed by atoms with Crippen molar-refractivity contribution in [2.45, 2.75) is 11.8 Å². The first kappa shape index (κ1) is 30.1. The molecule has 0 saturated carbocycles. The Morgan fingerprint density at radius 3 is 2.29 bits per heavy atom. The topological polar surface area (TPSA) is 172 Å². The highest BCUT2D eigenvalue weighted by molar-refractivity contribution is 7.92. The second-order valence-corrected chi connectivity index (χ2v) is 11.1. The number of carbonyl (C=O) groups excluding carboxylic acids is 2. The third-order valence-corrected chi connectivity index (χ3v) is 8.21. The highest BCUT2D eigenvalue weighted by atomic mass is 35.5. The summed E-state index contributed by atoms with van der Waals surface area (Å²) in [4.78, 5) is 61.5. The summed E-state index contributed by atoms with van der Waals surface area (Å²) < 4.78 is 38.5. The summed E-state index contributed by atoms with van der Waals surface area (Å²) in [6, 6.07) is 12.9. The van der Waals surface area contributed by atoms with Crippen molar-refractivity contribution in [2.24, 2.45) is 21.1 Å². The summed E-state index contributed by atoms with van der Waals surface area (Å²) in [6.45, 7) is 0.748. The second-order valence-electron chi connectivity index (χ2n) is 9.08. The first-order valence-electron chi connectivity index (χ1n) is 12.1. The van der Waals surface area contributed by atoms with Crippen molar-refractivity contribution in [3.05, 3.63) is 102 Å². The van der Waals surface area contributed by atoms with Crippen LogP contribution >= 0.6 is 11.6 Å². The maximum Gasteiger partial charge on any atom is 0.338 e. The number of hydrogen-bond donors (Lipinski definition) is 2. The summed E-state index contributed by atoms with van der Waals surface area (Å²) in [5, 5.41) is 2.06. The number of amides is 1. The molecule has 0 aliphatic heterocycles. The number of ether oxygens (including phenoxy) is 1. The van der Waals surface area contributed by atoms with Gasteiger partial charge in [-0.2, -0.15) is 0 Å². The zero-order valence-electron chi connectivity index (χ0n) is 22.7. The fourth-order valence-electron chi connectivity index (χ4n) is 3.96. The fourth-order valence-corrected chi connectivity index (χ4v) is 5.60. The van der Waals surface area contributed by atoms with E-state index in [0.29, 0.717) is 11.4 Å². The molecule has 2 aromatic carbocycles. The van der Waals surface area contributed by atoms with Crippen molar-refractivity contribution in [1.29, 1.82) is 0 Å². The van der Waals surface area contributed by atoms with Gasteiger partial charge in [0.05, 0.1) is 22.0 Å². The number of esters is 1. The summed E-state index contributed by atoms with van der Waals surface area (Å²) in [5.41, 5.74) is -1.59. The van der Waals surface area contributed by atoms with Crippen LogP contribution in [0.4, 0.5) is 11.5 Å². The Labute approximate surface area is 243 Å². The van der Waals surface area contributed by atoms with Crippen LogP contribution in [0.2, 0.25) is 5.02 Å². The SMILES string of the molecule is Cc1c(NS(=O)(=O)c2cc(C(=O)OCC(=O)Nc3cc(=O)n(C)c(=O)n3C)ccc2Cl)c(=O)n(-c2ccccc2)n1C. The predicted molar refractivity (Wildman–Crippen MR) is 154 cm³/mol. The van der Waals surface area contributed by atoms with Crippen molar-refractivity contribution in [3.8, 4) is 5.69 Å². The number of para-hydroxylation sites is 1. The zero-order valence-corrected chi connectivity index (χ0v) is 24.3. The summed E-state index contributed by atoms with van der Waals surface area (Å²) in [5.74, 6) is -2.03. The average molecular weight is 617 g/mol. The van der Waals surface area contributed by atoms with Crippen molar-refractivity contribution < 1.29 is 22.7 Å². The average Bonchev–Trinajstić information content (AvgIpc) is 3.16. The molecule has 0 atom stereocenters. The van der Waals surface area contributed by atoms with Gasteiger partial charge in [-0.25, -0.2) is 22.7 Å². The van der Waals surface area contributed by atoms with Crippen LogP contribution in [-0.2, 0) is 40.7 Å². The summed E-state index contributed by atoms with van der Waals surface area (Å²) in [6.07, 6.45) is 0. The molecular formula is C26H25ClN6O8S. The number of halogens is 1. The van der Waals surface area contributed by atoms with Gasteiger partial charge in [0.25, 0.3) is 27.0 Å². The third kappa shape index (κ3) is 5.77. The van der Waals surface area contributed by atoms with Crippen molar-refractivity contribution >= 4 is 45.0 Å². The summed E-state index contributed by atoms with van der Waals surface area (Å²) in [7, 11) is -0.275. The Balaban J connectivity index is 1.53. The number of carbonyl (C=O) groups is 2. The van der Waals surface area contributed by atoms with Gasteiger partial charge in [-0.15, -0.1) is 0 Å². The number of nitrogens with zero attached hydrogens (tertiary/aromatic N) is 4. The van der Waals surface area contributed by atoms with E-state index in [0.717, 1.165) is 27.3 Å². The molecule has 16 heteroatoms. The Morgan fingerprint density at radius 2 is 1.62 bits per heavy atom. The number of anilines is 2. The first-order valence-corrected chi connectivity index (χ1v) is 14.0. The van der Waals surface area contributed by atoms with Gasteiger partial charge in [-0.3, -0.25) is 32.9 Å². The molecule has 4 rings (SSSR count). The number of sulfonamides is 1. The molecule has 0 fully saturated rings. The largest absolute Gasteiger partial charge is 0.452 e. The fraction of sp³-hybridized carbons (Fsp3) is 0.192. The molecule has 42 heavy (non-hydrogen) atoms. The van der Waals surface area contributed by atoms with Gasteiger partial charge in [-0.05, 0) is 37.3 Å². The van der Waals surface area contributed by atoms with Crippen LogP contribution in [0.15, 0.2) is 73.9 Å². The quantitative estimate of drug-likeness (QED) is 0.277. The second kappa shape index (κ2) is 11.5. The van der Waals surface area contributed by atoms with E-state index >= 15 is 0 Å². The predicted octanol–water partition coefficient (Wildman–Crippen LogP) is 1.13. The molecule has 0 bridgehead atoms. The minimum atomic E-state index is -4.48. The minimum Gasteiger partial charge on any atom is -0.452 e. The molecule has 0 radical (unpaired) electrons. The lowest BCUT2D eigenvalue weighted by Gasteiger charge is -2.12. The molecule has 0 saturated heterocycles. The van der Waals surface area contributed by atoms with E-state index in [1.54, 1.807) is 44.3 Å². The maximum atomic E-state index is 13.3. The molecule has 14 nitrogen and oxygen atoms in total. The van der Waals surface area contributed by atoms with Gasteiger partial charge >= 0.3 is 11.7 Å². The van der Waals surface area contributed by atoms with Crippen molar-refractivity contribution in [3.63, 3.8) is 0 Å². The number of aromatic nitrogens is 4. The lowest BCUT2D eigenvalue weighted by atomic mass is 10.2. The molecule has 220 valence electrons. The van der Waals surface area contributed by atoms with E-state index in [1.165, 1.54) is 29.5 Å². The van der Waals surface area contributed by atoms with Crippen LogP contribution in [0.1, 0.15) is 16.1 Å². The number of benzene rings is 2. The lowest BCUT2D eigenvalue weighted by Crippen LogP contribution is -2.38. The van der Waals surface area contributed by atoms with Crippen LogP contribution < -0.4 is 26.8 Å². The summed E-state index contributed by atoms with van der Waals surface area (Å²) >= 11 is 6.15. The molecule has 4 aromatic rings. The molecular weight excluding hydrogens is 592 g/mol. The number of nitrogens with one attached hydrogen (secondary N) is 2. The Hall–Kier alpha value is -4.89. The van der Waals surface area contributed by atoms with Crippen molar-refractivity contribution in [2.75, 3.05) is 16.6 Å². The van der Waals surface area contributed by atoms with Crippen LogP contribution in [-0.4, -0.2) is 45.4 Å². The van der Waals surface area contributed by atoms with E-state index in [1.807, 2.05) is 0 Å². The highest BCUT2D eigenvalue weighted by Gasteiger charge is 2.26. The molecule has 0 unspecified atom stereocenters. The van der Waals surface area contributed by atoms with Crippen LogP contribution in [0.25, 0.3) is 5.69 Å². The van der Waals surface area contributed by atoms with Gasteiger partial charge in [0.15, 0.2) is 6.61 Å².